The van der Waals surface area contributed by atoms with E-state index in [4.69, 9.17) is 0 Å². The van der Waals surface area contributed by atoms with Crippen molar-refractivity contribution in [3.05, 3.63) is 22.0 Å². The van der Waals surface area contributed by atoms with Gasteiger partial charge in [-0.1, -0.05) is 0 Å². The Balaban J connectivity index is 2.08. The molecular formula is C9H11IN2O. The highest BCUT2D eigenvalue weighted by molar-refractivity contribution is 14.1. The van der Waals surface area contributed by atoms with E-state index in [-0.39, 0.29) is 0 Å². The minimum atomic E-state index is -0.511. The molecule has 0 aromatic carbocycles. The van der Waals surface area contributed by atoms with E-state index in [2.05, 4.69) is 32.5 Å². The predicted octanol–water partition coefficient (Wildman–Crippen LogP) is 1.26. The number of aliphatic hydroxyl groups is 1. The third-order valence-corrected chi connectivity index (χ3v) is 2.78. The Morgan fingerprint density at radius 1 is 1.54 bits per heavy atom. The average molecular weight is 290 g/mol. The lowest BCUT2D eigenvalue weighted by Crippen LogP contribution is -2.60. The summed E-state index contributed by atoms with van der Waals surface area (Å²) in [6, 6.07) is 4.01. The van der Waals surface area contributed by atoms with Gasteiger partial charge in [0.05, 0.1) is 17.5 Å². The van der Waals surface area contributed by atoms with E-state index >= 15 is 0 Å². The number of rotatable bonds is 1. The molecule has 4 heteroatoms. The van der Waals surface area contributed by atoms with Gasteiger partial charge in [-0.2, -0.15) is 0 Å². The summed E-state index contributed by atoms with van der Waals surface area (Å²) in [5.74, 6) is 0. The van der Waals surface area contributed by atoms with Gasteiger partial charge in [-0.3, -0.25) is 0 Å². The van der Waals surface area contributed by atoms with E-state index in [1.165, 1.54) is 0 Å². The zero-order valence-electron chi connectivity index (χ0n) is 7.37. The largest absolute Gasteiger partial charge is 0.386 e. The number of hydrogen-bond donors (Lipinski definition) is 1. The van der Waals surface area contributed by atoms with Crippen molar-refractivity contribution in [1.29, 1.82) is 0 Å². The van der Waals surface area contributed by atoms with Crippen LogP contribution in [0.1, 0.15) is 6.92 Å². The van der Waals surface area contributed by atoms with Gasteiger partial charge >= 0.3 is 0 Å². The second-order valence-electron chi connectivity index (χ2n) is 3.69. The van der Waals surface area contributed by atoms with Gasteiger partial charge < -0.3 is 10.0 Å². The fourth-order valence-electron chi connectivity index (χ4n) is 1.51. The van der Waals surface area contributed by atoms with Crippen molar-refractivity contribution in [1.82, 2.24) is 4.98 Å². The third-order valence-electron chi connectivity index (χ3n) is 2.14. The fourth-order valence-corrected chi connectivity index (χ4v) is 1.83. The van der Waals surface area contributed by atoms with Crippen molar-refractivity contribution in [3.8, 4) is 0 Å². The van der Waals surface area contributed by atoms with E-state index < -0.39 is 5.60 Å². The van der Waals surface area contributed by atoms with Crippen molar-refractivity contribution in [2.75, 3.05) is 18.0 Å². The zero-order chi connectivity index (χ0) is 9.47. The predicted molar refractivity (Wildman–Crippen MR) is 59.8 cm³/mol. The first-order valence-electron chi connectivity index (χ1n) is 4.16. The van der Waals surface area contributed by atoms with E-state index in [0.29, 0.717) is 13.1 Å². The van der Waals surface area contributed by atoms with Gasteiger partial charge in [0.1, 0.15) is 3.70 Å². The molecule has 0 atom stereocenters. The number of pyridine rings is 1. The first-order valence-corrected chi connectivity index (χ1v) is 5.24. The Hall–Kier alpha value is -0.360. The molecule has 1 saturated heterocycles. The molecule has 1 aromatic rings. The second-order valence-corrected chi connectivity index (χ2v) is 4.80. The summed E-state index contributed by atoms with van der Waals surface area (Å²) in [4.78, 5) is 6.31. The van der Waals surface area contributed by atoms with Gasteiger partial charge in [0.15, 0.2) is 0 Å². The first-order chi connectivity index (χ1) is 6.07. The first kappa shape index (κ1) is 9.21. The molecular weight excluding hydrogens is 279 g/mol. The molecule has 0 aliphatic carbocycles. The maximum Gasteiger partial charge on any atom is 0.101 e. The van der Waals surface area contributed by atoms with Crippen LogP contribution in [-0.2, 0) is 0 Å². The number of β-amino-alcohol motifs (C(OH)–C–C–N with tert-alkyl or cyclic N) is 1. The number of aromatic nitrogens is 1. The Labute approximate surface area is 90.9 Å². The summed E-state index contributed by atoms with van der Waals surface area (Å²) in [6.07, 6.45) is 1.84. The van der Waals surface area contributed by atoms with Crippen molar-refractivity contribution in [2.45, 2.75) is 12.5 Å². The molecule has 1 aromatic heterocycles. The molecule has 0 saturated carbocycles. The number of anilines is 1. The number of hydrogen-bond acceptors (Lipinski definition) is 3. The summed E-state index contributed by atoms with van der Waals surface area (Å²) in [5.41, 5.74) is 0.579. The number of nitrogens with zero attached hydrogens (tertiary/aromatic N) is 2. The lowest BCUT2D eigenvalue weighted by atomic mass is 9.96. The summed E-state index contributed by atoms with van der Waals surface area (Å²) in [7, 11) is 0. The Morgan fingerprint density at radius 2 is 2.23 bits per heavy atom. The van der Waals surface area contributed by atoms with Crippen LogP contribution in [0.3, 0.4) is 0 Å². The lowest BCUT2D eigenvalue weighted by Gasteiger charge is -2.45. The highest BCUT2D eigenvalue weighted by Crippen LogP contribution is 2.26. The van der Waals surface area contributed by atoms with Crippen LogP contribution in [0, 0.1) is 3.70 Å². The monoisotopic (exact) mass is 290 g/mol. The van der Waals surface area contributed by atoms with Crippen LogP contribution in [0.15, 0.2) is 18.3 Å². The van der Waals surface area contributed by atoms with E-state index in [1.807, 2.05) is 25.3 Å². The van der Waals surface area contributed by atoms with Crippen LogP contribution >= 0.6 is 22.6 Å². The highest BCUT2D eigenvalue weighted by Gasteiger charge is 2.36. The quantitative estimate of drug-likeness (QED) is 0.625. The van der Waals surface area contributed by atoms with Crippen molar-refractivity contribution < 1.29 is 5.11 Å². The normalized spacial score (nSPS) is 19.8. The summed E-state index contributed by atoms with van der Waals surface area (Å²) < 4.78 is 0.994. The topological polar surface area (TPSA) is 36.4 Å². The van der Waals surface area contributed by atoms with Crippen LogP contribution in [0.2, 0.25) is 0 Å². The minimum Gasteiger partial charge on any atom is -0.386 e. The van der Waals surface area contributed by atoms with Gasteiger partial charge in [0, 0.05) is 13.1 Å². The van der Waals surface area contributed by atoms with Crippen LogP contribution in [-0.4, -0.2) is 28.8 Å². The number of halogens is 1. The van der Waals surface area contributed by atoms with Gasteiger partial charge in [0.25, 0.3) is 0 Å². The van der Waals surface area contributed by atoms with Gasteiger partial charge in [-0.05, 0) is 41.6 Å². The van der Waals surface area contributed by atoms with Crippen molar-refractivity contribution in [3.63, 3.8) is 0 Å². The van der Waals surface area contributed by atoms with Crippen LogP contribution < -0.4 is 4.90 Å². The lowest BCUT2D eigenvalue weighted by molar-refractivity contribution is 0.0310. The van der Waals surface area contributed by atoms with E-state index in [0.717, 1.165) is 9.39 Å². The van der Waals surface area contributed by atoms with Crippen LogP contribution in [0.5, 0.6) is 0 Å². The molecule has 0 amide bonds. The molecule has 1 N–H and O–H groups in total. The summed E-state index contributed by atoms with van der Waals surface area (Å²) in [6.45, 7) is 3.26. The SMILES string of the molecule is CC1(O)CN(c2ccc(I)nc2)C1. The molecule has 0 radical (unpaired) electrons. The van der Waals surface area contributed by atoms with Crippen LogP contribution in [0.4, 0.5) is 5.69 Å². The molecule has 1 aliphatic rings. The highest BCUT2D eigenvalue weighted by atomic mass is 127. The van der Waals surface area contributed by atoms with Gasteiger partial charge in [-0.25, -0.2) is 4.98 Å². The molecule has 0 spiro atoms. The maximum absolute atomic E-state index is 9.54. The molecule has 2 heterocycles. The van der Waals surface area contributed by atoms with E-state index in [9.17, 15) is 5.11 Å². The van der Waals surface area contributed by atoms with Gasteiger partial charge in [0.2, 0.25) is 0 Å². The Morgan fingerprint density at radius 3 is 2.69 bits per heavy atom. The second kappa shape index (κ2) is 3.09. The summed E-state index contributed by atoms with van der Waals surface area (Å²) >= 11 is 2.18. The molecule has 2 rings (SSSR count). The molecule has 70 valence electrons. The summed E-state index contributed by atoms with van der Waals surface area (Å²) in [5, 5.41) is 9.54. The average Bonchev–Trinajstić information content (AvgIpc) is 2.01. The standard InChI is InChI=1S/C9H11IN2O/c1-9(13)5-12(6-9)7-2-3-8(10)11-4-7/h2-4,13H,5-6H2,1H3. The zero-order valence-corrected chi connectivity index (χ0v) is 9.52. The fraction of sp³-hybridized carbons (Fsp3) is 0.444. The third kappa shape index (κ3) is 1.94. The molecule has 0 unspecified atom stereocenters. The molecule has 1 fully saturated rings. The smallest absolute Gasteiger partial charge is 0.101 e. The Bertz CT molecular complexity index is 302. The van der Waals surface area contributed by atoms with Crippen molar-refractivity contribution >= 4 is 28.3 Å². The van der Waals surface area contributed by atoms with Crippen molar-refractivity contribution in [2.24, 2.45) is 0 Å². The minimum absolute atomic E-state index is 0.511. The van der Waals surface area contributed by atoms with E-state index in [1.54, 1.807) is 0 Å². The molecule has 1 aliphatic heterocycles. The molecule has 13 heavy (non-hydrogen) atoms. The van der Waals surface area contributed by atoms with Crippen LogP contribution in [0.25, 0.3) is 0 Å². The molecule has 3 nitrogen and oxygen atoms in total. The maximum atomic E-state index is 9.54. The Kier molecular flexibility index (Phi) is 2.19. The molecule has 0 bridgehead atoms. The van der Waals surface area contributed by atoms with Gasteiger partial charge in [-0.15, -0.1) is 0 Å².